The molecule has 0 unspecified atom stereocenters. The molecule has 9 nitrogen and oxygen atoms in total. The largest absolute Gasteiger partial charge is 0.496 e. The predicted molar refractivity (Wildman–Crippen MR) is 123 cm³/mol. The molecule has 9 heteroatoms. The molecule has 0 spiro atoms. The number of benzene rings is 1. The Balaban J connectivity index is 1.47. The second kappa shape index (κ2) is 10.0. The van der Waals surface area contributed by atoms with Gasteiger partial charge in [-0.1, -0.05) is 25.5 Å². The summed E-state index contributed by atoms with van der Waals surface area (Å²) in [6.45, 7) is 6.54. The number of carbonyl (C=O) groups is 1. The zero-order chi connectivity index (χ0) is 22.5. The van der Waals surface area contributed by atoms with Gasteiger partial charge in [0.2, 0.25) is 0 Å². The maximum atomic E-state index is 12.7. The number of hydrogen-bond donors (Lipinski definition) is 2. The van der Waals surface area contributed by atoms with Crippen LogP contribution in [0.4, 0.5) is 16.3 Å². The van der Waals surface area contributed by atoms with Gasteiger partial charge in [-0.25, -0.2) is 4.79 Å². The van der Waals surface area contributed by atoms with Crippen LogP contribution in [0.2, 0.25) is 0 Å². The number of nitrogens with one attached hydrogen (secondary N) is 1. The Hall–Kier alpha value is -3.07. The van der Waals surface area contributed by atoms with Gasteiger partial charge in [-0.15, -0.1) is 0 Å². The van der Waals surface area contributed by atoms with E-state index in [1.54, 1.807) is 12.0 Å². The van der Waals surface area contributed by atoms with Crippen molar-refractivity contribution in [2.45, 2.75) is 52.2 Å². The number of methoxy groups -OCH3 is 1. The van der Waals surface area contributed by atoms with Crippen LogP contribution in [0.25, 0.3) is 0 Å². The number of fused-ring (bicyclic) bond motifs is 1. The smallest absolute Gasteiger partial charge is 0.322 e. The quantitative estimate of drug-likeness (QED) is 0.576. The van der Waals surface area contributed by atoms with Gasteiger partial charge in [-0.2, -0.15) is 9.97 Å². The number of urea groups is 1. The number of nitrogen functional groups attached to an aromatic ring is 1. The fraction of sp³-hybridized carbons (Fsp3) is 0.522. The molecule has 172 valence electrons. The van der Waals surface area contributed by atoms with Crippen LogP contribution in [0.1, 0.15) is 49.4 Å². The Bertz CT molecular complexity index is 961. The molecule has 2 aliphatic rings. The highest BCUT2D eigenvalue weighted by molar-refractivity contribution is 5.94. The van der Waals surface area contributed by atoms with Crippen LogP contribution in [-0.4, -0.2) is 52.6 Å². The van der Waals surface area contributed by atoms with Gasteiger partial charge >= 0.3 is 12.0 Å². The van der Waals surface area contributed by atoms with Crippen molar-refractivity contribution in [2.24, 2.45) is 0 Å². The number of rotatable bonds is 9. The normalized spacial score (nSPS) is 16.1. The number of ether oxygens (including phenoxy) is 2. The van der Waals surface area contributed by atoms with Gasteiger partial charge < -0.3 is 25.4 Å². The van der Waals surface area contributed by atoms with Gasteiger partial charge in [-0.05, 0) is 44.0 Å². The molecule has 3 N–H and O–H groups in total. The SMILES string of the molecule is CCCCOc1nc(N)c2c(n1)CN(Cc1ccc(CN3CCCC3)c(OC)c1)C(=O)N2. The topological polar surface area (TPSA) is 106 Å². The molecule has 2 aliphatic heterocycles. The van der Waals surface area contributed by atoms with E-state index >= 15 is 0 Å². The van der Waals surface area contributed by atoms with Crippen molar-refractivity contribution >= 4 is 17.5 Å². The maximum Gasteiger partial charge on any atom is 0.322 e. The van der Waals surface area contributed by atoms with E-state index in [4.69, 9.17) is 15.2 Å². The van der Waals surface area contributed by atoms with Crippen molar-refractivity contribution in [3.05, 3.63) is 35.0 Å². The van der Waals surface area contributed by atoms with Crippen LogP contribution in [0.3, 0.4) is 0 Å². The Morgan fingerprint density at radius 1 is 1.19 bits per heavy atom. The molecule has 2 aromatic rings. The van der Waals surface area contributed by atoms with Crippen LogP contribution in [0.5, 0.6) is 11.8 Å². The zero-order valence-corrected chi connectivity index (χ0v) is 18.9. The fourth-order valence-electron chi connectivity index (χ4n) is 4.11. The first-order chi connectivity index (χ1) is 15.6. The third-order valence-electron chi connectivity index (χ3n) is 5.90. The molecule has 0 saturated carbocycles. The first kappa shape index (κ1) is 22.1. The van der Waals surface area contributed by atoms with Gasteiger partial charge in [0.1, 0.15) is 11.4 Å². The molecule has 0 atom stereocenters. The van der Waals surface area contributed by atoms with Crippen LogP contribution >= 0.6 is 0 Å². The highest BCUT2D eigenvalue weighted by Crippen LogP contribution is 2.30. The number of hydrogen-bond acceptors (Lipinski definition) is 7. The number of aromatic nitrogens is 2. The van der Waals surface area contributed by atoms with Crippen molar-refractivity contribution in [1.82, 2.24) is 19.8 Å². The monoisotopic (exact) mass is 440 g/mol. The minimum Gasteiger partial charge on any atom is -0.496 e. The molecule has 0 radical (unpaired) electrons. The molecule has 1 aromatic carbocycles. The summed E-state index contributed by atoms with van der Waals surface area (Å²) < 4.78 is 11.3. The first-order valence-electron chi connectivity index (χ1n) is 11.3. The summed E-state index contributed by atoms with van der Waals surface area (Å²) in [5.74, 6) is 1.08. The van der Waals surface area contributed by atoms with E-state index in [1.165, 1.54) is 18.4 Å². The molecule has 3 heterocycles. The average Bonchev–Trinajstić information content (AvgIpc) is 3.29. The molecular formula is C23H32N6O3. The number of likely N-dealkylation sites (tertiary alicyclic amines) is 1. The van der Waals surface area contributed by atoms with Crippen molar-refractivity contribution in [3.63, 3.8) is 0 Å². The van der Waals surface area contributed by atoms with Crippen molar-refractivity contribution in [3.8, 4) is 11.8 Å². The number of amides is 2. The lowest BCUT2D eigenvalue weighted by Crippen LogP contribution is -2.39. The number of unbranched alkanes of at least 4 members (excludes halogenated alkanes) is 1. The summed E-state index contributed by atoms with van der Waals surface area (Å²) in [6, 6.07) is 6.19. The second-order valence-electron chi connectivity index (χ2n) is 8.33. The van der Waals surface area contributed by atoms with Gasteiger partial charge in [0.15, 0.2) is 5.82 Å². The Morgan fingerprint density at radius 3 is 2.75 bits per heavy atom. The highest BCUT2D eigenvalue weighted by Gasteiger charge is 2.27. The molecule has 0 aliphatic carbocycles. The Kier molecular flexibility index (Phi) is 6.94. The van der Waals surface area contributed by atoms with E-state index in [1.807, 2.05) is 6.07 Å². The summed E-state index contributed by atoms with van der Waals surface area (Å²) in [4.78, 5) is 25.5. The summed E-state index contributed by atoms with van der Waals surface area (Å²) in [6.07, 6.45) is 4.44. The molecule has 2 amide bonds. The molecule has 4 rings (SSSR count). The molecule has 0 bridgehead atoms. The van der Waals surface area contributed by atoms with Crippen molar-refractivity contribution < 1.29 is 14.3 Å². The Morgan fingerprint density at radius 2 is 2.00 bits per heavy atom. The zero-order valence-electron chi connectivity index (χ0n) is 18.9. The van der Waals surface area contributed by atoms with E-state index in [0.717, 1.165) is 43.8 Å². The minimum absolute atomic E-state index is 0.224. The predicted octanol–water partition coefficient (Wildman–Crippen LogP) is 3.39. The molecular weight excluding hydrogens is 408 g/mol. The van der Waals surface area contributed by atoms with E-state index in [-0.39, 0.29) is 17.9 Å². The molecule has 32 heavy (non-hydrogen) atoms. The van der Waals surface area contributed by atoms with Gasteiger partial charge in [0.05, 0.1) is 26.0 Å². The summed E-state index contributed by atoms with van der Waals surface area (Å²) in [7, 11) is 1.69. The lowest BCUT2D eigenvalue weighted by atomic mass is 10.1. The van der Waals surface area contributed by atoms with E-state index in [2.05, 4.69) is 39.2 Å². The number of carbonyl (C=O) groups excluding carboxylic acids is 1. The molecule has 1 aromatic heterocycles. The van der Waals surface area contributed by atoms with E-state index < -0.39 is 0 Å². The first-order valence-corrected chi connectivity index (χ1v) is 11.3. The standard InChI is InChI=1S/C23H32N6O3/c1-3-4-11-32-22-25-18-15-29(23(30)26-20(18)21(24)27-22)13-16-7-8-17(19(12-16)31-2)14-28-9-5-6-10-28/h7-8,12H,3-6,9-11,13-15H2,1-2H3,(H,26,30)(H2,24,25,27). The third kappa shape index (κ3) is 5.04. The lowest BCUT2D eigenvalue weighted by molar-refractivity contribution is 0.202. The van der Waals surface area contributed by atoms with Gasteiger partial charge in [0, 0.05) is 18.7 Å². The summed E-state index contributed by atoms with van der Waals surface area (Å²) >= 11 is 0. The fourth-order valence-corrected chi connectivity index (χ4v) is 4.11. The lowest BCUT2D eigenvalue weighted by Gasteiger charge is -2.29. The minimum atomic E-state index is -0.229. The van der Waals surface area contributed by atoms with Crippen LogP contribution in [0.15, 0.2) is 18.2 Å². The average molecular weight is 441 g/mol. The Labute approximate surface area is 188 Å². The second-order valence-corrected chi connectivity index (χ2v) is 8.33. The van der Waals surface area contributed by atoms with Crippen LogP contribution in [0, 0.1) is 0 Å². The molecule has 1 fully saturated rings. The summed E-state index contributed by atoms with van der Waals surface area (Å²) in [5, 5.41) is 2.82. The molecule has 1 saturated heterocycles. The maximum absolute atomic E-state index is 12.7. The summed E-state index contributed by atoms with van der Waals surface area (Å²) in [5.41, 5.74) is 9.32. The number of anilines is 2. The van der Waals surface area contributed by atoms with E-state index in [0.29, 0.717) is 31.1 Å². The number of nitrogens with zero attached hydrogens (tertiary/aromatic N) is 4. The van der Waals surface area contributed by atoms with Crippen LogP contribution in [-0.2, 0) is 19.6 Å². The van der Waals surface area contributed by atoms with Crippen LogP contribution < -0.4 is 20.5 Å². The number of nitrogens with two attached hydrogens (primary N) is 1. The van der Waals surface area contributed by atoms with Crippen molar-refractivity contribution in [2.75, 3.05) is 37.9 Å². The van der Waals surface area contributed by atoms with Gasteiger partial charge in [-0.3, -0.25) is 4.90 Å². The van der Waals surface area contributed by atoms with Gasteiger partial charge in [0.25, 0.3) is 0 Å². The third-order valence-corrected chi connectivity index (χ3v) is 5.90. The highest BCUT2D eigenvalue weighted by atomic mass is 16.5. The van der Waals surface area contributed by atoms with E-state index in [9.17, 15) is 4.79 Å². The van der Waals surface area contributed by atoms with Crippen molar-refractivity contribution in [1.29, 1.82) is 0 Å².